The molecule has 2 heterocycles. The van der Waals surface area contributed by atoms with Crippen LogP contribution in [0.1, 0.15) is 26.4 Å². The van der Waals surface area contributed by atoms with E-state index in [-0.39, 0.29) is 28.0 Å². The summed E-state index contributed by atoms with van der Waals surface area (Å²) in [7, 11) is -2.40. The van der Waals surface area contributed by atoms with Crippen LogP contribution in [0.4, 0.5) is 5.69 Å². The summed E-state index contributed by atoms with van der Waals surface area (Å²) in [5, 5.41) is 0. The van der Waals surface area contributed by atoms with E-state index in [0.29, 0.717) is 43.2 Å². The molecule has 11 heteroatoms. The fraction of sp³-hybridized carbons (Fsp3) is 0.250. The Kier molecular flexibility index (Phi) is 6.97. The highest BCUT2D eigenvalue weighted by Gasteiger charge is 2.27. The number of hydrogen-bond acceptors (Lipinski definition) is 7. The van der Waals surface area contributed by atoms with Crippen molar-refractivity contribution < 1.29 is 22.7 Å². The number of methoxy groups -OCH3 is 1. The molecule has 1 aliphatic rings. The molecule has 1 aromatic heterocycles. The number of rotatable bonds is 6. The minimum atomic E-state index is -3.93. The first kappa shape index (κ1) is 24.1. The molecule has 0 unspecified atom stereocenters. The Morgan fingerprint density at radius 3 is 2.20 bits per heavy atom. The second kappa shape index (κ2) is 10.1. The van der Waals surface area contributed by atoms with Gasteiger partial charge in [-0.05, 0) is 48.9 Å². The van der Waals surface area contributed by atoms with Crippen molar-refractivity contribution >= 4 is 27.5 Å². The Morgan fingerprint density at radius 2 is 1.60 bits per heavy atom. The topological polar surface area (TPSA) is 122 Å². The lowest BCUT2D eigenvalue weighted by atomic mass is 10.1. The zero-order chi connectivity index (χ0) is 25.0. The summed E-state index contributed by atoms with van der Waals surface area (Å²) in [5.74, 6) is 0.0752. The predicted octanol–water partition coefficient (Wildman–Crippen LogP) is 2.19. The maximum atomic E-state index is 13.1. The molecule has 1 saturated heterocycles. The lowest BCUT2D eigenvalue weighted by Crippen LogP contribution is -2.50. The molecule has 0 spiro atoms. The second-order valence-electron chi connectivity index (χ2n) is 7.99. The van der Waals surface area contributed by atoms with Crippen molar-refractivity contribution in [1.82, 2.24) is 19.8 Å². The number of hydrogen-bond donors (Lipinski definition) is 1. The van der Waals surface area contributed by atoms with E-state index in [1.165, 1.54) is 31.8 Å². The summed E-state index contributed by atoms with van der Waals surface area (Å²) >= 11 is 0. The second-order valence-corrected chi connectivity index (χ2v) is 9.64. The zero-order valence-corrected chi connectivity index (χ0v) is 20.2. The molecule has 0 bridgehead atoms. The maximum Gasteiger partial charge on any atom is 0.274 e. The lowest BCUT2D eigenvalue weighted by Gasteiger charge is -2.34. The Morgan fingerprint density at radius 1 is 0.943 bits per heavy atom. The number of nitrogens with one attached hydrogen (secondary N) is 1. The smallest absolute Gasteiger partial charge is 0.274 e. The monoisotopic (exact) mass is 495 g/mol. The van der Waals surface area contributed by atoms with Gasteiger partial charge in [-0.3, -0.25) is 19.3 Å². The molecule has 0 radical (unpaired) electrons. The zero-order valence-electron chi connectivity index (χ0n) is 19.3. The molecule has 1 N–H and O–H groups in total. The maximum absolute atomic E-state index is 13.1. The van der Waals surface area contributed by atoms with Crippen molar-refractivity contribution in [3.05, 3.63) is 77.9 Å². The number of ether oxygens (including phenoxy) is 1. The summed E-state index contributed by atoms with van der Waals surface area (Å²) in [6, 6.07) is 11.1. The molecule has 0 aliphatic carbocycles. The van der Waals surface area contributed by atoms with Gasteiger partial charge in [0, 0.05) is 49.8 Å². The van der Waals surface area contributed by atoms with Crippen LogP contribution in [0.25, 0.3) is 0 Å². The van der Waals surface area contributed by atoms with E-state index in [9.17, 15) is 18.0 Å². The standard InChI is InChI=1S/C24H25N5O5S/c1-17-3-4-18(15-22(17)35(32,33)27-19-5-7-20(34-2)8-6-19)23(30)28-11-13-29(14-12-28)24(31)21-16-25-9-10-26-21/h3-10,15-16,27H,11-14H2,1-2H3. The van der Waals surface area contributed by atoms with E-state index < -0.39 is 10.0 Å². The average molecular weight is 496 g/mol. The third-order valence-electron chi connectivity index (χ3n) is 5.70. The van der Waals surface area contributed by atoms with E-state index in [0.717, 1.165) is 0 Å². The number of carbonyl (C=O) groups excluding carboxylic acids is 2. The molecule has 10 nitrogen and oxygen atoms in total. The van der Waals surface area contributed by atoms with Crippen molar-refractivity contribution in [3.63, 3.8) is 0 Å². The molecular weight excluding hydrogens is 470 g/mol. The molecule has 2 aromatic carbocycles. The molecule has 3 aromatic rings. The molecular formula is C24H25N5O5S. The highest BCUT2D eigenvalue weighted by Crippen LogP contribution is 2.23. The fourth-order valence-corrected chi connectivity index (χ4v) is 5.09. The molecule has 1 aliphatic heterocycles. The quantitative estimate of drug-likeness (QED) is 0.556. The fourth-order valence-electron chi connectivity index (χ4n) is 3.76. The van der Waals surface area contributed by atoms with Crippen molar-refractivity contribution in [2.75, 3.05) is 38.0 Å². The third-order valence-corrected chi connectivity index (χ3v) is 7.23. The summed E-state index contributed by atoms with van der Waals surface area (Å²) < 4.78 is 33.8. The van der Waals surface area contributed by atoms with Gasteiger partial charge in [-0.1, -0.05) is 6.07 Å². The number of benzene rings is 2. The number of sulfonamides is 1. The molecule has 0 atom stereocenters. The Labute approximate surface area is 203 Å². The van der Waals surface area contributed by atoms with Gasteiger partial charge in [-0.15, -0.1) is 0 Å². The minimum absolute atomic E-state index is 0.0237. The van der Waals surface area contributed by atoms with E-state index in [1.807, 2.05) is 0 Å². The lowest BCUT2D eigenvalue weighted by molar-refractivity contribution is 0.0532. The van der Waals surface area contributed by atoms with Gasteiger partial charge >= 0.3 is 0 Å². The third kappa shape index (κ3) is 5.40. The minimum Gasteiger partial charge on any atom is -0.497 e. The first-order valence-corrected chi connectivity index (χ1v) is 12.4. The van der Waals surface area contributed by atoms with Crippen LogP contribution in [0.2, 0.25) is 0 Å². The van der Waals surface area contributed by atoms with Gasteiger partial charge < -0.3 is 14.5 Å². The Hall–Kier alpha value is -3.99. The Balaban J connectivity index is 1.46. The molecule has 4 rings (SSSR count). The number of piperazine rings is 1. The molecule has 1 fully saturated rings. The summed E-state index contributed by atoms with van der Waals surface area (Å²) in [4.78, 5) is 36.9. The summed E-state index contributed by atoms with van der Waals surface area (Å²) in [6.07, 6.45) is 4.36. The number of nitrogens with zero attached hydrogens (tertiary/aromatic N) is 4. The molecule has 35 heavy (non-hydrogen) atoms. The van der Waals surface area contributed by atoms with Crippen molar-refractivity contribution in [2.45, 2.75) is 11.8 Å². The van der Waals surface area contributed by atoms with Crippen molar-refractivity contribution in [1.29, 1.82) is 0 Å². The van der Waals surface area contributed by atoms with Crippen LogP contribution >= 0.6 is 0 Å². The van der Waals surface area contributed by atoms with Gasteiger partial charge in [-0.25, -0.2) is 13.4 Å². The van der Waals surface area contributed by atoms with Gasteiger partial charge in [0.15, 0.2) is 0 Å². The largest absolute Gasteiger partial charge is 0.497 e. The number of carbonyl (C=O) groups is 2. The highest BCUT2D eigenvalue weighted by molar-refractivity contribution is 7.92. The van der Waals surface area contributed by atoms with Gasteiger partial charge in [0.25, 0.3) is 21.8 Å². The number of aromatic nitrogens is 2. The first-order valence-electron chi connectivity index (χ1n) is 10.9. The number of aryl methyl sites for hydroxylation is 1. The highest BCUT2D eigenvalue weighted by atomic mass is 32.2. The summed E-state index contributed by atoms with van der Waals surface area (Å²) in [5.41, 5.74) is 1.41. The average Bonchev–Trinajstić information content (AvgIpc) is 2.89. The first-order chi connectivity index (χ1) is 16.8. The van der Waals surface area contributed by atoms with Crippen LogP contribution in [0.3, 0.4) is 0 Å². The predicted molar refractivity (Wildman–Crippen MR) is 129 cm³/mol. The normalized spacial score (nSPS) is 13.9. The van der Waals surface area contributed by atoms with Crippen molar-refractivity contribution in [2.24, 2.45) is 0 Å². The molecule has 182 valence electrons. The molecule has 0 saturated carbocycles. The van der Waals surface area contributed by atoms with E-state index in [1.54, 1.807) is 53.1 Å². The van der Waals surface area contributed by atoms with Crippen LogP contribution in [-0.2, 0) is 10.0 Å². The van der Waals surface area contributed by atoms with Crippen LogP contribution in [0, 0.1) is 6.92 Å². The SMILES string of the molecule is COc1ccc(NS(=O)(=O)c2cc(C(=O)N3CCN(C(=O)c4cnccn4)CC3)ccc2C)cc1. The van der Waals surface area contributed by atoms with Gasteiger partial charge in [0.1, 0.15) is 11.4 Å². The van der Waals surface area contributed by atoms with Gasteiger partial charge in [0.05, 0.1) is 18.2 Å². The number of anilines is 1. The van der Waals surface area contributed by atoms with Gasteiger partial charge in [0.2, 0.25) is 0 Å². The van der Waals surface area contributed by atoms with Crippen LogP contribution < -0.4 is 9.46 Å². The van der Waals surface area contributed by atoms with Crippen molar-refractivity contribution in [3.8, 4) is 5.75 Å². The Bertz CT molecular complexity index is 1320. The van der Waals surface area contributed by atoms with Gasteiger partial charge in [-0.2, -0.15) is 0 Å². The number of amides is 2. The van der Waals surface area contributed by atoms with E-state index >= 15 is 0 Å². The van der Waals surface area contributed by atoms with Crippen LogP contribution in [0.5, 0.6) is 5.75 Å². The summed E-state index contributed by atoms with van der Waals surface area (Å²) in [6.45, 7) is 3.01. The molecule has 2 amide bonds. The van der Waals surface area contributed by atoms with E-state index in [2.05, 4.69) is 14.7 Å². The van der Waals surface area contributed by atoms with E-state index in [4.69, 9.17) is 4.74 Å². The van der Waals surface area contributed by atoms with Crippen LogP contribution in [0.15, 0.2) is 66.0 Å². The van der Waals surface area contributed by atoms with Crippen LogP contribution in [-0.4, -0.2) is 73.3 Å².